The van der Waals surface area contributed by atoms with Crippen molar-refractivity contribution in [2.24, 2.45) is 0 Å². The summed E-state index contributed by atoms with van der Waals surface area (Å²) >= 11 is 0.862. The quantitative estimate of drug-likeness (QED) is 0.726. The number of anilines is 1. The average Bonchev–Trinajstić information content (AvgIpc) is 3.13. The summed E-state index contributed by atoms with van der Waals surface area (Å²) in [5.41, 5.74) is 4.77. The summed E-state index contributed by atoms with van der Waals surface area (Å²) < 4.78 is 2.10. The number of nitrogens with one attached hydrogen (secondary N) is 1. The van der Waals surface area contributed by atoms with E-state index in [1.54, 1.807) is 12.1 Å². The van der Waals surface area contributed by atoms with Gasteiger partial charge in [0.15, 0.2) is 0 Å². The van der Waals surface area contributed by atoms with Crippen LogP contribution in [-0.4, -0.2) is 33.1 Å². The molecule has 1 aliphatic rings. The van der Waals surface area contributed by atoms with E-state index in [0.717, 1.165) is 39.0 Å². The van der Waals surface area contributed by atoms with E-state index >= 15 is 0 Å². The number of nitrogens with zero attached hydrogens (tertiary/aromatic N) is 2. The Kier molecular flexibility index (Phi) is 5.98. The molecule has 29 heavy (non-hydrogen) atoms. The topological polar surface area (TPSA) is 71.4 Å². The van der Waals surface area contributed by atoms with Crippen molar-refractivity contribution in [3.8, 4) is 0 Å². The van der Waals surface area contributed by atoms with Gasteiger partial charge in [-0.3, -0.25) is 19.3 Å². The minimum atomic E-state index is -0.440. The zero-order valence-electron chi connectivity index (χ0n) is 17.3. The fraction of sp³-hybridized carbons (Fsp3) is 0.318. The summed E-state index contributed by atoms with van der Waals surface area (Å²) in [7, 11) is 0. The lowest BCUT2D eigenvalue weighted by atomic mass is 10.1. The molecule has 1 saturated heterocycles. The molecule has 0 spiro atoms. The Morgan fingerprint density at radius 2 is 1.86 bits per heavy atom. The Hall–Kier alpha value is -2.80. The van der Waals surface area contributed by atoms with Crippen molar-refractivity contribution in [1.82, 2.24) is 9.47 Å². The average molecular weight is 412 g/mol. The van der Waals surface area contributed by atoms with Crippen molar-refractivity contribution >= 4 is 40.6 Å². The van der Waals surface area contributed by atoms with Crippen molar-refractivity contribution in [2.45, 2.75) is 40.7 Å². The third-order valence-electron chi connectivity index (χ3n) is 4.89. The maximum Gasteiger partial charge on any atom is 0.294 e. The summed E-state index contributed by atoms with van der Waals surface area (Å²) in [4.78, 5) is 38.6. The number of hydrogen-bond donors (Lipinski definition) is 1. The van der Waals surface area contributed by atoms with E-state index in [1.807, 2.05) is 45.2 Å². The molecule has 3 amide bonds. The molecule has 0 bridgehead atoms. The van der Waals surface area contributed by atoms with Crippen LogP contribution < -0.4 is 5.32 Å². The number of aryl methyl sites for hydroxylation is 3. The highest BCUT2D eigenvalue weighted by Crippen LogP contribution is 2.32. The van der Waals surface area contributed by atoms with Gasteiger partial charge < -0.3 is 9.88 Å². The summed E-state index contributed by atoms with van der Waals surface area (Å²) in [6, 6.07) is 7.86. The minimum absolute atomic E-state index is 0.305. The lowest BCUT2D eigenvalue weighted by Gasteiger charge is -2.13. The fourth-order valence-corrected chi connectivity index (χ4v) is 4.04. The van der Waals surface area contributed by atoms with Gasteiger partial charge >= 0.3 is 0 Å². The largest absolute Gasteiger partial charge is 0.349 e. The minimum Gasteiger partial charge on any atom is -0.349 e. The standard InChI is InChI=1S/C22H25N3O3S/c1-13(2)24-11-17(9-16(24)5)10-19-21(27)25(22(28)29-19)12-20(26)23-18-7-6-14(3)15(4)8-18/h6-11,13H,12H2,1-5H3,(H,23,26)/b19-10+. The van der Waals surface area contributed by atoms with E-state index in [2.05, 4.69) is 23.7 Å². The van der Waals surface area contributed by atoms with E-state index in [1.165, 1.54) is 0 Å². The number of aromatic nitrogens is 1. The normalized spacial score (nSPS) is 15.7. The number of imide groups is 1. The molecular weight excluding hydrogens is 386 g/mol. The highest BCUT2D eigenvalue weighted by atomic mass is 32.2. The van der Waals surface area contributed by atoms with Crippen LogP contribution in [0.4, 0.5) is 10.5 Å². The second-order valence-electron chi connectivity index (χ2n) is 7.53. The van der Waals surface area contributed by atoms with Gasteiger partial charge in [0, 0.05) is 23.6 Å². The van der Waals surface area contributed by atoms with Gasteiger partial charge in [0.2, 0.25) is 5.91 Å². The fourth-order valence-electron chi connectivity index (χ4n) is 3.20. The molecule has 0 unspecified atom stereocenters. The highest BCUT2D eigenvalue weighted by Gasteiger charge is 2.36. The zero-order valence-corrected chi connectivity index (χ0v) is 18.1. The Morgan fingerprint density at radius 3 is 2.48 bits per heavy atom. The molecule has 7 heteroatoms. The van der Waals surface area contributed by atoms with Gasteiger partial charge in [-0.1, -0.05) is 6.07 Å². The van der Waals surface area contributed by atoms with Crippen molar-refractivity contribution in [1.29, 1.82) is 0 Å². The third-order valence-corrected chi connectivity index (χ3v) is 5.80. The van der Waals surface area contributed by atoms with Gasteiger partial charge in [-0.15, -0.1) is 0 Å². The molecule has 0 atom stereocenters. The highest BCUT2D eigenvalue weighted by molar-refractivity contribution is 8.18. The molecule has 1 N–H and O–H groups in total. The van der Waals surface area contributed by atoms with Crippen LogP contribution in [0, 0.1) is 20.8 Å². The van der Waals surface area contributed by atoms with Crippen molar-refractivity contribution < 1.29 is 14.4 Å². The van der Waals surface area contributed by atoms with Crippen LogP contribution in [0.25, 0.3) is 6.08 Å². The first-order valence-electron chi connectivity index (χ1n) is 9.46. The molecule has 0 aliphatic carbocycles. The van der Waals surface area contributed by atoms with Gasteiger partial charge in [-0.2, -0.15) is 0 Å². The molecule has 3 rings (SSSR count). The van der Waals surface area contributed by atoms with Crippen LogP contribution in [-0.2, 0) is 9.59 Å². The molecule has 2 aromatic rings. The number of thioether (sulfide) groups is 1. The summed E-state index contributed by atoms with van der Waals surface area (Å²) in [5.74, 6) is -0.844. The van der Waals surface area contributed by atoms with Crippen LogP contribution >= 0.6 is 11.8 Å². The summed E-state index contributed by atoms with van der Waals surface area (Å²) in [6.45, 7) is 9.81. The Morgan fingerprint density at radius 1 is 1.14 bits per heavy atom. The van der Waals surface area contributed by atoms with E-state index in [9.17, 15) is 14.4 Å². The van der Waals surface area contributed by atoms with E-state index < -0.39 is 17.1 Å². The van der Waals surface area contributed by atoms with Gasteiger partial charge in [0.1, 0.15) is 6.54 Å². The molecule has 2 heterocycles. The first kappa shape index (κ1) is 20.9. The monoisotopic (exact) mass is 411 g/mol. The Labute approximate surface area is 175 Å². The smallest absolute Gasteiger partial charge is 0.294 e. The molecular formula is C22H25N3O3S. The molecule has 0 radical (unpaired) electrons. The molecule has 1 aliphatic heterocycles. The lowest BCUT2D eigenvalue weighted by Crippen LogP contribution is -2.36. The number of carbonyl (C=O) groups is 3. The van der Waals surface area contributed by atoms with E-state index in [4.69, 9.17) is 0 Å². The number of hydrogen-bond acceptors (Lipinski definition) is 4. The van der Waals surface area contributed by atoms with Crippen LogP contribution in [0.3, 0.4) is 0 Å². The van der Waals surface area contributed by atoms with Gasteiger partial charge in [-0.05, 0) is 87.3 Å². The van der Waals surface area contributed by atoms with Crippen molar-refractivity contribution in [3.05, 3.63) is 57.8 Å². The van der Waals surface area contributed by atoms with Crippen LogP contribution in [0.5, 0.6) is 0 Å². The maximum atomic E-state index is 12.7. The Bertz CT molecular complexity index is 1020. The molecule has 1 aromatic heterocycles. The lowest BCUT2D eigenvalue weighted by molar-refractivity contribution is -0.127. The van der Waals surface area contributed by atoms with Crippen molar-refractivity contribution in [2.75, 3.05) is 11.9 Å². The first-order chi connectivity index (χ1) is 13.7. The van der Waals surface area contributed by atoms with Crippen molar-refractivity contribution in [3.63, 3.8) is 0 Å². The number of carbonyl (C=O) groups excluding carboxylic acids is 3. The number of amides is 3. The summed E-state index contributed by atoms with van der Waals surface area (Å²) in [6.07, 6.45) is 3.67. The van der Waals surface area contributed by atoms with Crippen LogP contribution in [0.15, 0.2) is 35.4 Å². The first-order valence-corrected chi connectivity index (χ1v) is 10.3. The van der Waals surface area contributed by atoms with Gasteiger partial charge in [-0.25, -0.2) is 0 Å². The molecule has 0 saturated carbocycles. The van der Waals surface area contributed by atoms with Gasteiger partial charge in [0.05, 0.1) is 4.91 Å². The maximum absolute atomic E-state index is 12.7. The number of benzene rings is 1. The number of rotatable bonds is 5. The Balaban J connectivity index is 1.70. The molecule has 152 valence electrons. The molecule has 6 nitrogen and oxygen atoms in total. The zero-order chi connectivity index (χ0) is 21.3. The predicted octanol–water partition coefficient (Wildman–Crippen LogP) is 4.67. The van der Waals surface area contributed by atoms with E-state index in [-0.39, 0.29) is 6.54 Å². The summed E-state index contributed by atoms with van der Waals surface area (Å²) in [5, 5.41) is 2.31. The third kappa shape index (κ3) is 4.62. The second kappa shape index (κ2) is 8.29. The SMILES string of the molecule is Cc1ccc(NC(=O)CN2C(=O)S/C(=C/c3cc(C)n(C(C)C)c3)C2=O)cc1C. The van der Waals surface area contributed by atoms with Crippen LogP contribution in [0.1, 0.15) is 42.3 Å². The second-order valence-corrected chi connectivity index (χ2v) is 8.52. The van der Waals surface area contributed by atoms with E-state index in [0.29, 0.717) is 16.6 Å². The van der Waals surface area contributed by atoms with Crippen LogP contribution in [0.2, 0.25) is 0 Å². The molecule has 1 aromatic carbocycles. The predicted molar refractivity (Wildman–Crippen MR) is 117 cm³/mol. The van der Waals surface area contributed by atoms with Gasteiger partial charge in [0.25, 0.3) is 11.1 Å². The molecule has 1 fully saturated rings.